The summed E-state index contributed by atoms with van der Waals surface area (Å²) in [7, 11) is 0. The summed E-state index contributed by atoms with van der Waals surface area (Å²) in [5.74, 6) is 0.107. The van der Waals surface area contributed by atoms with Gasteiger partial charge in [0, 0.05) is 0 Å². The maximum atomic E-state index is 11.8. The average Bonchev–Trinajstić information content (AvgIpc) is 2.44. The molecule has 0 saturated carbocycles. The summed E-state index contributed by atoms with van der Waals surface area (Å²) in [5.41, 5.74) is 0.239. The van der Waals surface area contributed by atoms with E-state index in [-0.39, 0.29) is 11.3 Å². The Kier molecular flexibility index (Phi) is 7.78. The maximum absolute atomic E-state index is 11.8. The molecule has 0 aliphatic heterocycles. The van der Waals surface area contributed by atoms with Crippen LogP contribution in [0.2, 0.25) is 0 Å². The van der Waals surface area contributed by atoms with Crippen molar-refractivity contribution in [1.82, 2.24) is 0 Å². The third kappa shape index (κ3) is 6.09. The Morgan fingerprint density at radius 1 is 1.20 bits per heavy atom. The van der Waals surface area contributed by atoms with E-state index in [1.165, 1.54) is 38.2 Å². The number of carbonyl (C=O) groups excluding carboxylic acids is 1. The van der Waals surface area contributed by atoms with Crippen LogP contribution in [0.1, 0.15) is 62.7 Å². The van der Waals surface area contributed by atoms with Crippen LogP contribution in [-0.2, 0) is 4.74 Å². The standard InChI is InChI=1S/C17H26O3/c1-3-4-5-6-9-14(2)12-13-20-17(19)15-10-7-8-11-16(15)18/h7-8,10-11,14,18H,3-6,9,12-13H2,1-2H3. The maximum Gasteiger partial charge on any atom is 0.341 e. The van der Waals surface area contributed by atoms with Crippen molar-refractivity contribution in [1.29, 1.82) is 0 Å². The van der Waals surface area contributed by atoms with Crippen LogP contribution in [0, 0.1) is 5.92 Å². The molecule has 3 nitrogen and oxygen atoms in total. The quantitative estimate of drug-likeness (QED) is 0.532. The minimum atomic E-state index is -0.443. The Labute approximate surface area is 122 Å². The second kappa shape index (κ2) is 9.40. The van der Waals surface area contributed by atoms with E-state index in [0.717, 1.165) is 6.42 Å². The van der Waals surface area contributed by atoms with Crippen LogP contribution < -0.4 is 0 Å². The number of para-hydroxylation sites is 1. The fraction of sp³-hybridized carbons (Fsp3) is 0.588. The number of unbranched alkanes of at least 4 members (excludes halogenated alkanes) is 3. The average molecular weight is 278 g/mol. The van der Waals surface area contributed by atoms with Crippen LogP contribution in [0.5, 0.6) is 5.75 Å². The Morgan fingerprint density at radius 2 is 1.95 bits per heavy atom. The molecular weight excluding hydrogens is 252 g/mol. The molecule has 20 heavy (non-hydrogen) atoms. The van der Waals surface area contributed by atoms with Crippen molar-refractivity contribution in [2.75, 3.05) is 6.61 Å². The molecule has 0 heterocycles. The first kappa shape index (κ1) is 16.5. The van der Waals surface area contributed by atoms with E-state index in [1.807, 2.05) is 0 Å². The Bertz CT molecular complexity index is 401. The van der Waals surface area contributed by atoms with E-state index in [1.54, 1.807) is 18.2 Å². The molecule has 3 heteroatoms. The zero-order valence-corrected chi connectivity index (χ0v) is 12.6. The molecule has 0 spiro atoms. The van der Waals surface area contributed by atoms with Gasteiger partial charge in [0.1, 0.15) is 11.3 Å². The Morgan fingerprint density at radius 3 is 2.65 bits per heavy atom. The molecule has 1 rings (SSSR count). The van der Waals surface area contributed by atoms with Crippen LogP contribution in [0.4, 0.5) is 0 Å². The van der Waals surface area contributed by atoms with Gasteiger partial charge in [0.25, 0.3) is 0 Å². The number of carbonyl (C=O) groups is 1. The summed E-state index contributed by atoms with van der Waals surface area (Å²) in [6.45, 7) is 4.82. The van der Waals surface area contributed by atoms with Gasteiger partial charge in [-0.1, -0.05) is 58.1 Å². The lowest BCUT2D eigenvalue weighted by atomic mass is 10.00. The summed E-state index contributed by atoms with van der Waals surface area (Å²) in [4.78, 5) is 11.8. The van der Waals surface area contributed by atoms with E-state index in [9.17, 15) is 9.90 Å². The smallest absolute Gasteiger partial charge is 0.341 e. The van der Waals surface area contributed by atoms with Gasteiger partial charge in [0.05, 0.1) is 6.61 Å². The van der Waals surface area contributed by atoms with Crippen LogP contribution in [0.15, 0.2) is 24.3 Å². The van der Waals surface area contributed by atoms with Gasteiger partial charge in [0.15, 0.2) is 0 Å². The van der Waals surface area contributed by atoms with Crippen molar-refractivity contribution < 1.29 is 14.6 Å². The van der Waals surface area contributed by atoms with E-state index in [2.05, 4.69) is 13.8 Å². The molecule has 1 atom stereocenters. The minimum absolute atomic E-state index is 0.0230. The molecule has 0 amide bonds. The number of hydrogen-bond acceptors (Lipinski definition) is 3. The predicted octanol–water partition coefficient (Wildman–Crippen LogP) is 4.55. The highest BCUT2D eigenvalue weighted by Gasteiger charge is 2.12. The van der Waals surface area contributed by atoms with Gasteiger partial charge < -0.3 is 9.84 Å². The van der Waals surface area contributed by atoms with Gasteiger partial charge in [-0.15, -0.1) is 0 Å². The number of rotatable bonds is 9. The molecule has 0 aliphatic carbocycles. The fourth-order valence-corrected chi connectivity index (χ4v) is 2.14. The molecule has 0 fully saturated rings. The molecule has 1 aromatic rings. The molecule has 0 radical (unpaired) electrons. The number of phenolic OH excluding ortho intramolecular Hbond substituents is 1. The molecular formula is C17H26O3. The van der Waals surface area contributed by atoms with Gasteiger partial charge in [0.2, 0.25) is 0 Å². The van der Waals surface area contributed by atoms with Crippen LogP contribution in [0.3, 0.4) is 0 Å². The van der Waals surface area contributed by atoms with Gasteiger partial charge >= 0.3 is 5.97 Å². The van der Waals surface area contributed by atoms with Crippen molar-refractivity contribution >= 4 is 5.97 Å². The summed E-state index contributed by atoms with van der Waals surface area (Å²) >= 11 is 0. The third-order valence-electron chi connectivity index (χ3n) is 3.52. The number of hydrogen-bond donors (Lipinski definition) is 1. The first-order chi connectivity index (χ1) is 9.65. The SMILES string of the molecule is CCCCCCC(C)CCOC(=O)c1ccccc1O. The van der Waals surface area contributed by atoms with Crippen molar-refractivity contribution in [3.63, 3.8) is 0 Å². The van der Waals surface area contributed by atoms with Gasteiger partial charge in [-0.3, -0.25) is 0 Å². The lowest BCUT2D eigenvalue weighted by Crippen LogP contribution is -2.09. The zero-order chi connectivity index (χ0) is 14.8. The minimum Gasteiger partial charge on any atom is -0.507 e. The number of ether oxygens (including phenoxy) is 1. The van der Waals surface area contributed by atoms with Crippen molar-refractivity contribution in [2.45, 2.75) is 52.4 Å². The zero-order valence-electron chi connectivity index (χ0n) is 12.6. The molecule has 112 valence electrons. The number of esters is 1. The van der Waals surface area contributed by atoms with E-state index >= 15 is 0 Å². The highest BCUT2D eigenvalue weighted by Crippen LogP contribution is 2.18. The normalized spacial score (nSPS) is 12.1. The Balaban J connectivity index is 2.20. The van der Waals surface area contributed by atoms with Gasteiger partial charge in [-0.25, -0.2) is 4.79 Å². The molecule has 1 N–H and O–H groups in total. The number of phenols is 1. The Hall–Kier alpha value is -1.51. The highest BCUT2D eigenvalue weighted by atomic mass is 16.5. The van der Waals surface area contributed by atoms with Crippen LogP contribution in [0.25, 0.3) is 0 Å². The lowest BCUT2D eigenvalue weighted by Gasteiger charge is -2.11. The molecule has 1 unspecified atom stereocenters. The predicted molar refractivity (Wildman–Crippen MR) is 80.9 cm³/mol. The highest BCUT2D eigenvalue weighted by molar-refractivity contribution is 5.92. The van der Waals surface area contributed by atoms with Crippen molar-refractivity contribution in [2.24, 2.45) is 5.92 Å². The second-order valence-corrected chi connectivity index (χ2v) is 5.40. The first-order valence-corrected chi connectivity index (χ1v) is 7.60. The fourth-order valence-electron chi connectivity index (χ4n) is 2.14. The van der Waals surface area contributed by atoms with E-state index < -0.39 is 5.97 Å². The van der Waals surface area contributed by atoms with Crippen LogP contribution in [-0.4, -0.2) is 17.7 Å². The first-order valence-electron chi connectivity index (χ1n) is 7.60. The number of benzene rings is 1. The van der Waals surface area contributed by atoms with E-state index in [4.69, 9.17) is 4.74 Å². The third-order valence-corrected chi connectivity index (χ3v) is 3.52. The van der Waals surface area contributed by atoms with E-state index in [0.29, 0.717) is 12.5 Å². The summed E-state index contributed by atoms with van der Waals surface area (Å²) < 4.78 is 5.21. The van der Waals surface area contributed by atoms with Crippen molar-refractivity contribution in [3.8, 4) is 5.75 Å². The lowest BCUT2D eigenvalue weighted by molar-refractivity contribution is 0.0480. The largest absolute Gasteiger partial charge is 0.507 e. The molecule has 1 aromatic carbocycles. The number of aromatic hydroxyl groups is 1. The topological polar surface area (TPSA) is 46.5 Å². The summed E-state index contributed by atoms with van der Waals surface area (Å²) in [6, 6.07) is 6.47. The molecule has 0 saturated heterocycles. The summed E-state index contributed by atoms with van der Waals surface area (Å²) in [6.07, 6.45) is 7.17. The van der Waals surface area contributed by atoms with Gasteiger partial charge in [-0.2, -0.15) is 0 Å². The molecule has 0 aliphatic rings. The second-order valence-electron chi connectivity index (χ2n) is 5.40. The molecule has 0 aromatic heterocycles. The summed E-state index contributed by atoms with van der Waals surface area (Å²) in [5, 5.41) is 9.56. The van der Waals surface area contributed by atoms with Gasteiger partial charge in [-0.05, 0) is 24.5 Å². The monoisotopic (exact) mass is 278 g/mol. The molecule has 0 bridgehead atoms. The van der Waals surface area contributed by atoms with Crippen LogP contribution >= 0.6 is 0 Å². The van der Waals surface area contributed by atoms with Crippen molar-refractivity contribution in [3.05, 3.63) is 29.8 Å².